The number of ether oxygens (including phenoxy) is 2. The second-order valence-electron chi connectivity index (χ2n) is 5.38. The summed E-state index contributed by atoms with van der Waals surface area (Å²) in [5.74, 6) is 1.51. The summed E-state index contributed by atoms with van der Waals surface area (Å²) in [4.78, 5) is 0. The van der Waals surface area contributed by atoms with Crippen LogP contribution in [0, 0.1) is 0 Å². The monoisotopic (exact) mass is 263 g/mol. The minimum atomic E-state index is 0.406. The molecule has 1 N–H and O–H groups in total. The summed E-state index contributed by atoms with van der Waals surface area (Å²) in [6.07, 6.45) is 2.79. The van der Waals surface area contributed by atoms with Crippen LogP contribution in [0.3, 0.4) is 0 Å². The second-order valence-corrected chi connectivity index (χ2v) is 5.38. The number of nitrogens with one attached hydrogen (secondary N) is 1. The van der Waals surface area contributed by atoms with Gasteiger partial charge in [0.15, 0.2) is 0 Å². The molecule has 1 heterocycles. The van der Waals surface area contributed by atoms with Crippen molar-refractivity contribution >= 4 is 0 Å². The number of benzene rings is 1. The van der Waals surface area contributed by atoms with Gasteiger partial charge in [0.2, 0.25) is 0 Å². The van der Waals surface area contributed by atoms with E-state index in [0.29, 0.717) is 18.6 Å². The fourth-order valence-electron chi connectivity index (χ4n) is 2.39. The van der Waals surface area contributed by atoms with E-state index in [4.69, 9.17) is 9.47 Å². The maximum atomic E-state index is 5.86. The van der Waals surface area contributed by atoms with E-state index in [1.54, 1.807) is 0 Å². The van der Waals surface area contributed by atoms with Gasteiger partial charge in [-0.15, -0.1) is 0 Å². The molecule has 0 radical (unpaired) electrons. The van der Waals surface area contributed by atoms with Crippen molar-refractivity contribution in [2.75, 3.05) is 26.3 Å². The molecule has 0 spiro atoms. The van der Waals surface area contributed by atoms with Gasteiger partial charge in [-0.05, 0) is 30.4 Å². The van der Waals surface area contributed by atoms with Gasteiger partial charge in [-0.2, -0.15) is 0 Å². The summed E-state index contributed by atoms with van der Waals surface area (Å²) in [5.41, 5.74) is 1.28. The van der Waals surface area contributed by atoms with Gasteiger partial charge in [0.05, 0.1) is 6.10 Å². The summed E-state index contributed by atoms with van der Waals surface area (Å²) >= 11 is 0. The molecule has 0 bridgehead atoms. The molecule has 1 atom stereocenters. The Hall–Kier alpha value is -1.06. The predicted octanol–water partition coefficient (Wildman–Crippen LogP) is 2.96. The third-order valence-electron chi connectivity index (χ3n) is 3.47. The molecule has 1 aliphatic rings. The lowest BCUT2D eigenvalue weighted by Crippen LogP contribution is -2.29. The van der Waals surface area contributed by atoms with Gasteiger partial charge < -0.3 is 14.8 Å². The highest BCUT2D eigenvalue weighted by Gasteiger charge is 2.14. The first-order valence-electron chi connectivity index (χ1n) is 7.31. The maximum Gasteiger partial charge on any atom is 0.122 e. The largest absolute Gasteiger partial charge is 0.492 e. The minimum Gasteiger partial charge on any atom is -0.492 e. The van der Waals surface area contributed by atoms with Crippen LogP contribution in [0.1, 0.15) is 38.2 Å². The van der Waals surface area contributed by atoms with Crippen molar-refractivity contribution < 1.29 is 9.47 Å². The molecule has 1 aromatic rings. The Morgan fingerprint density at radius 1 is 1.37 bits per heavy atom. The first kappa shape index (κ1) is 14.4. The maximum absolute atomic E-state index is 5.86. The topological polar surface area (TPSA) is 30.5 Å². The van der Waals surface area contributed by atoms with Gasteiger partial charge in [-0.1, -0.05) is 32.0 Å². The molecule has 0 aromatic heterocycles. The molecular weight excluding hydrogens is 238 g/mol. The van der Waals surface area contributed by atoms with Crippen LogP contribution in [0.2, 0.25) is 0 Å². The van der Waals surface area contributed by atoms with Crippen molar-refractivity contribution in [3.05, 3.63) is 29.8 Å². The average molecular weight is 263 g/mol. The lowest BCUT2D eigenvalue weighted by Gasteiger charge is -2.15. The molecule has 1 saturated heterocycles. The zero-order chi connectivity index (χ0) is 13.5. The van der Waals surface area contributed by atoms with E-state index in [2.05, 4.69) is 37.4 Å². The van der Waals surface area contributed by atoms with Gasteiger partial charge in [0.25, 0.3) is 0 Å². The van der Waals surface area contributed by atoms with Crippen LogP contribution in [0.25, 0.3) is 0 Å². The second kappa shape index (κ2) is 7.51. The highest BCUT2D eigenvalue weighted by molar-refractivity contribution is 5.35. The number of para-hydroxylation sites is 1. The number of hydrogen-bond donors (Lipinski definition) is 1. The first-order chi connectivity index (χ1) is 9.27. The molecule has 1 aliphatic heterocycles. The minimum absolute atomic E-state index is 0.406. The smallest absolute Gasteiger partial charge is 0.122 e. The fraction of sp³-hybridized carbons (Fsp3) is 0.625. The third-order valence-corrected chi connectivity index (χ3v) is 3.47. The van der Waals surface area contributed by atoms with Gasteiger partial charge in [0.1, 0.15) is 12.4 Å². The molecule has 1 unspecified atom stereocenters. The predicted molar refractivity (Wildman–Crippen MR) is 77.9 cm³/mol. The van der Waals surface area contributed by atoms with Crippen molar-refractivity contribution in [3.63, 3.8) is 0 Å². The molecule has 3 nitrogen and oxygen atoms in total. The van der Waals surface area contributed by atoms with E-state index in [0.717, 1.165) is 25.4 Å². The normalized spacial score (nSPS) is 19.0. The molecule has 1 aromatic carbocycles. The summed E-state index contributed by atoms with van der Waals surface area (Å²) in [5, 5.41) is 3.40. The SMILES string of the molecule is CC(C)c1ccccc1OCCNCC1CCCO1. The van der Waals surface area contributed by atoms with Crippen LogP contribution in [-0.2, 0) is 4.74 Å². The van der Waals surface area contributed by atoms with Gasteiger partial charge in [0, 0.05) is 19.7 Å². The van der Waals surface area contributed by atoms with E-state index < -0.39 is 0 Å². The summed E-state index contributed by atoms with van der Waals surface area (Å²) in [7, 11) is 0. The summed E-state index contributed by atoms with van der Waals surface area (Å²) in [6, 6.07) is 8.29. The molecule has 106 valence electrons. The van der Waals surface area contributed by atoms with Gasteiger partial charge in [-0.25, -0.2) is 0 Å². The molecule has 1 fully saturated rings. The third kappa shape index (κ3) is 4.51. The molecular formula is C16H25NO2. The number of hydrogen-bond acceptors (Lipinski definition) is 3. The average Bonchev–Trinajstić information content (AvgIpc) is 2.92. The molecule has 0 amide bonds. The van der Waals surface area contributed by atoms with Crippen LogP contribution in [0.15, 0.2) is 24.3 Å². The quantitative estimate of drug-likeness (QED) is 0.767. The van der Waals surface area contributed by atoms with Gasteiger partial charge >= 0.3 is 0 Å². The van der Waals surface area contributed by atoms with E-state index in [1.807, 2.05) is 6.07 Å². The van der Waals surface area contributed by atoms with Crippen molar-refractivity contribution in [2.24, 2.45) is 0 Å². The van der Waals surface area contributed by atoms with Crippen LogP contribution in [0.5, 0.6) is 5.75 Å². The highest BCUT2D eigenvalue weighted by Crippen LogP contribution is 2.25. The summed E-state index contributed by atoms with van der Waals surface area (Å²) < 4.78 is 11.4. The van der Waals surface area contributed by atoms with Crippen molar-refractivity contribution in [1.29, 1.82) is 0 Å². The lowest BCUT2D eigenvalue weighted by atomic mass is 10.0. The molecule has 19 heavy (non-hydrogen) atoms. The van der Waals surface area contributed by atoms with Crippen LogP contribution >= 0.6 is 0 Å². The highest BCUT2D eigenvalue weighted by atomic mass is 16.5. The number of rotatable bonds is 7. The zero-order valence-corrected chi connectivity index (χ0v) is 12.0. The fourth-order valence-corrected chi connectivity index (χ4v) is 2.39. The Balaban J connectivity index is 1.67. The van der Waals surface area contributed by atoms with E-state index in [1.165, 1.54) is 18.4 Å². The van der Waals surface area contributed by atoms with Gasteiger partial charge in [-0.3, -0.25) is 0 Å². The molecule has 0 aliphatic carbocycles. The van der Waals surface area contributed by atoms with E-state index in [-0.39, 0.29) is 0 Å². The Morgan fingerprint density at radius 3 is 2.95 bits per heavy atom. The zero-order valence-electron chi connectivity index (χ0n) is 12.0. The van der Waals surface area contributed by atoms with Crippen LogP contribution in [-0.4, -0.2) is 32.4 Å². The van der Waals surface area contributed by atoms with Crippen LogP contribution in [0.4, 0.5) is 0 Å². The first-order valence-corrected chi connectivity index (χ1v) is 7.31. The molecule has 3 heteroatoms. The van der Waals surface area contributed by atoms with E-state index in [9.17, 15) is 0 Å². The van der Waals surface area contributed by atoms with Crippen LogP contribution < -0.4 is 10.1 Å². The Morgan fingerprint density at radius 2 is 2.21 bits per heavy atom. The van der Waals surface area contributed by atoms with Crippen molar-refractivity contribution in [3.8, 4) is 5.75 Å². The lowest BCUT2D eigenvalue weighted by molar-refractivity contribution is 0.109. The molecule has 2 rings (SSSR count). The Bertz CT molecular complexity index is 373. The summed E-state index contributed by atoms with van der Waals surface area (Å²) in [6.45, 7) is 7.82. The van der Waals surface area contributed by atoms with Crippen molar-refractivity contribution in [2.45, 2.75) is 38.7 Å². The van der Waals surface area contributed by atoms with Crippen molar-refractivity contribution in [1.82, 2.24) is 5.32 Å². The Kier molecular flexibility index (Phi) is 5.67. The van der Waals surface area contributed by atoms with E-state index >= 15 is 0 Å². The standard InChI is InChI=1S/C16H25NO2/c1-13(2)15-7-3-4-8-16(15)19-11-9-17-12-14-6-5-10-18-14/h3-4,7-8,13-14,17H,5-6,9-12H2,1-2H3. The Labute approximate surface area is 116 Å². The molecule has 0 saturated carbocycles.